The van der Waals surface area contributed by atoms with Crippen molar-refractivity contribution in [1.82, 2.24) is 0 Å². The molecule has 0 aliphatic heterocycles. The molecule has 1 unspecified atom stereocenters. The summed E-state index contributed by atoms with van der Waals surface area (Å²) in [4.78, 5) is 1.88. The number of benzene rings is 2. The van der Waals surface area contributed by atoms with Gasteiger partial charge in [0.2, 0.25) is 0 Å². The van der Waals surface area contributed by atoms with Gasteiger partial charge >= 0.3 is 0 Å². The van der Waals surface area contributed by atoms with Crippen LogP contribution < -0.4 is 0 Å². The topological polar surface area (TPSA) is 17.1 Å². The molecule has 1 nitrogen and oxygen atoms in total. The fourth-order valence-corrected chi connectivity index (χ4v) is 3.36. The van der Waals surface area contributed by atoms with Crippen molar-refractivity contribution in [2.75, 3.05) is 0 Å². The molecule has 86 valence electrons. The average molecular weight is 242 g/mol. The molecule has 0 spiro atoms. The summed E-state index contributed by atoms with van der Waals surface area (Å²) in [5, 5.41) is 0. The average Bonchev–Trinajstić information content (AvgIpc) is 3.23. The molecule has 17 heavy (non-hydrogen) atoms. The lowest BCUT2D eigenvalue weighted by Crippen LogP contribution is -1.97. The first-order valence-corrected chi connectivity index (χ1v) is 7.07. The second-order valence-corrected chi connectivity index (χ2v) is 5.84. The number of hydrogen-bond donors (Lipinski definition) is 0. The van der Waals surface area contributed by atoms with Gasteiger partial charge in [-0.25, -0.2) is 4.21 Å². The Kier molecular flexibility index (Phi) is 2.81. The van der Waals surface area contributed by atoms with Crippen LogP contribution in [0, 0.1) is 0 Å². The maximum absolute atomic E-state index is 12.5. The van der Waals surface area contributed by atoms with Gasteiger partial charge in [-0.2, -0.15) is 0 Å². The van der Waals surface area contributed by atoms with E-state index in [1.165, 1.54) is 18.4 Å². The maximum atomic E-state index is 12.5. The zero-order chi connectivity index (χ0) is 11.7. The van der Waals surface area contributed by atoms with E-state index in [-0.39, 0.29) is 0 Å². The molecule has 3 rings (SSSR count). The quantitative estimate of drug-likeness (QED) is 0.801. The number of hydrogen-bond acceptors (Lipinski definition) is 1. The van der Waals surface area contributed by atoms with E-state index in [0.29, 0.717) is 5.92 Å². The van der Waals surface area contributed by atoms with E-state index in [4.69, 9.17) is 0 Å². The molecule has 1 fully saturated rings. The van der Waals surface area contributed by atoms with E-state index in [1.54, 1.807) is 0 Å². The van der Waals surface area contributed by atoms with E-state index < -0.39 is 10.8 Å². The van der Waals surface area contributed by atoms with Crippen LogP contribution in [-0.4, -0.2) is 4.21 Å². The first kappa shape index (κ1) is 10.7. The highest BCUT2D eigenvalue weighted by Crippen LogP contribution is 2.42. The molecular weight excluding hydrogens is 228 g/mol. The van der Waals surface area contributed by atoms with Crippen LogP contribution in [0.1, 0.15) is 24.3 Å². The second-order valence-electron chi connectivity index (χ2n) is 4.39. The molecule has 0 saturated heterocycles. The van der Waals surface area contributed by atoms with Crippen LogP contribution in [0.25, 0.3) is 0 Å². The Bertz CT molecular complexity index is 544. The third-order valence-electron chi connectivity index (χ3n) is 3.09. The van der Waals surface area contributed by atoms with Crippen molar-refractivity contribution in [1.29, 1.82) is 0 Å². The van der Waals surface area contributed by atoms with Crippen molar-refractivity contribution in [3.8, 4) is 0 Å². The minimum Gasteiger partial charge on any atom is -0.249 e. The van der Waals surface area contributed by atoms with Gasteiger partial charge in [-0.05, 0) is 42.5 Å². The molecule has 0 amide bonds. The first-order valence-electron chi connectivity index (χ1n) is 5.92. The molecule has 0 N–H and O–H groups in total. The molecule has 1 aliphatic carbocycles. The SMILES string of the molecule is O=S(c1ccccc1)c1ccccc1C1CC1. The highest BCUT2D eigenvalue weighted by atomic mass is 32.2. The fraction of sp³-hybridized carbons (Fsp3) is 0.200. The van der Waals surface area contributed by atoms with Crippen LogP contribution >= 0.6 is 0 Å². The molecule has 1 atom stereocenters. The van der Waals surface area contributed by atoms with Gasteiger partial charge in [-0.3, -0.25) is 0 Å². The van der Waals surface area contributed by atoms with Crippen molar-refractivity contribution in [2.24, 2.45) is 0 Å². The number of rotatable bonds is 3. The van der Waals surface area contributed by atoms with E-state index in [1.807, 2.05) is 48.5 Å². The maximum Gasteiger partial charge on any atom is 0.0852 e. The lowest BCUT2D eigenvalue weighted by molar-refractivity contribution is 0.682. The summed E-state index contributed by atoms with van der Waals surface area (Å²) in [6.45, 7) is 0. The van der Waals surface area contributed by atoms with Crippen molar-refractivity contribution >= 4 is 10.8 Å². The lowest BCUT2D eigenvalue weighted by Gasteiger charge is -2.08. The summed E-state index contributed by atoms with van der Waals surface area (Å²) in [7, 11) is -1.04. The van der Waals surface area contributed by atoms with Gasteiger partial charge in [0.1, 0.15) is 0 Å². The van der Waals surface area contributed by atoms with Gasteiger partial charge in [0.15, 0.2) is 0 Å². The summed E-state index contributed by atoms with van der Waals surface area (Å²) in [5.74, 6) is 0.638. The first-order chi connectivity index (χ1) is 8.36. The van der Waals surface area contributed by atoms with Gasteiger partial charge in [0.05, 0.1) is 10.8 Å². The van der Waals surface area contributed by atoms with Gasteiger partial charge in [-0.15, -0.1) is 0 Å². The van der Waals surface area contributed by atoms with Crippen molar-refractivity contribution in [3.05, 3.63) is 60.2 Å². The molecule has 1 aliphatic rings. The Balaban J connectivity index is 2.02. The molecule has 0 aromatic heterocycles. The molecule has 2 aromatic carbocycles. The van der Waals surface area contributed by atoms with Crippen molar-refractivity contribution < 1.29 is 4.21 Å². The highest BCUT2D eigenvalue weighted by Gasteiger charge is 2.27. The smallest absolute Gasteiger partial charge is 0.0852 e. The normalized spacial score (nSPS) is 16.7. The molecule has 0 heterocycles. The summed E-state index contributed by atoms with van der Waals surface area (Å²) in [5.41, 5.74) is 1.27. The highest BCUT2D eigenvalue weighted by molar-refractivity contribution is 7.85. The van der Waals surface area contributed by atoms with Crippen LogP contribution in [0.15, 0.2) is 64.4 Å². The summed E-state index contributed by atoms with van der Waals surface area (Å²) in [6, 6.07) is 17.8. The van der Waals surface area contributed by atoms with E-state index in [2.05, 4.69) is 6.07 Å². The zero-order valence-corrected chi connectivity index (χ0v) is 10.3. The standard InChI is InChI=1S/C15H14OS/c16-17(13-6-2-1-3-7-13)15-9-5-4-8-14(15)12-10-11-12/h1-9,12H,10-11H2. The second kappa shape index (κ2) is 4.46. The lowest BCUT2D eigenvalue weighted by atomic mass is 10.1. The van der Waals surface area contributed by atoms with Gasteiger partial charge in [-0.1, -0.05) is 36.4 Å². The van der Waals surface area contributed by atoms with Crippen LogP contribution in [0.4, 0.5) is 0 Å². The Hall–Kier alpha value is -1.41. The van der Waals surface area contributed by atoms with Gasteiger partial charge in [0.25, 0.3) is 0 Å². The minimum atomic E-state index is -1.04. The van der Waals surface area contributed by atoms with Crippen LogP contribution in [0.5, 0.6) is 0 Å². The molecule has 2 heteroatoms. The van der Waals surface area contributed by atoms with Crippen LogP contribution in [0.2, 0.25) is 0 Å². The summed E-state index contributed by atoms with van der Waals surface area (Å²) < 4.78 is 12.5. The van der Waals surface area contributed by atoms with E-state index in [9.17, 15) is 4.21 Å². The largest absolute Gasteiger partial charge is 0.249 e. The third kappa shape index (κ3) is 2.18. The predicted molar refractivity (Wildman–Crippen MR) is 69.5 cm³/mol. The summed E-state index contributed by atoms with van der Waals surface area (Å²) in [6.07, 6.45) is 2.48. The Morgan fingerprint density at radius 3 is 2.24 bits per heavy atom. The zero-order valence-electron chi connectivity index (χ0n) is 9.50. The Morgan fingerprint density at radius 2 is 1.53 bits per heavy atom. The van der Waals surface area contributed by atoms with Crippen LogP contribution in [-0.2, 0) is 10.8 Å². The molecule has 0 bridgehead atoms. The van der Waals surface area contributed by atoms with Gasteiger partial charge < -0.3 is 0 Å². The predicted octanol–water partition coefficient (Wildman–Crippen LogP) is 3.73. The van der Waals surface area contributed by atoms with Crippen LogP contribution in [0.3, 0.4) is 0 Å². The molecular formula is C15H14OS. The fourth-order valence-electron chi connectivity index (χ4n) is 2.05. The van der Waals surface area contributed by atoms with E-state index in [0.717, 1.165) is 9.79 Å². The molecule has 2 aromatic rings. The van der Waals surface area contributed by atoms with Crippen molar-refractivity contribution in [3.63, 3.8) is 0 Å². The third-order valence-corrected chi connectivity index (χ3v) is 4.56. The molecule has 1 saturated carbocycles. The minimum absolute atomic E-state index is 0.638. The van der Waals surface area contributed by atoms with Gasteiger partial charge in [0, 0.05) is 9.79 Å². The summed E-state index contributed by atoms with van der Waals surface area (Å²) >= 11 is 0. The Morgan fingerprint density at radius 1 is 0.882 bits per heavy atom. The molecule has 0 radical (unpaired) electrons. The Labute approximate surface area is 104 Å². The monoisotopic (exact) mass is 242 g/mol. The van der Waals surface area contributed by atoms with E-state index >= 15 is 0 Å². The van der Waals surface area contributed by atoms with Crippen molar-refractivity contribution in [2.45, 2.75) is 28.6 Å².